The third-order valence-corrected chi connectivity index (χ3v) is 6.19. The number of carboxylic acid groups (broad SMARTS) is 1. The Hall–Kier alpha value is -2.98. The molecule has 1 fully saturated rings. The number of methoxy groups -OCH3 is 2. The van der Waals surface area contributed by atoms with Crippen LogP contribution in [0.3, 0.4) is 0 Å². The number of rotatable bonds is 8. The predicted molar refractivity (Wildman–Crippen MR) is 117 cm³/mol. The van der Waals surface area contributed by atoms with Crippen molar-refractivity contribution < 1.29 is 24.2 Å². The maximum Gasteiger partial charge on any atom is 0.305 e. The molecular weight excluding hydrogens is 426 g/mol. The number of nitrogens with one attached hydrogen (secondary N) is 1. The lowest BCUT2D eigenvalue weighted by Crippen LogP contribution is -2.26. The highest BCUT2D eigenvalue weighted by molar-refractivity contribution is 8.15. The van der Waals surface area contributed by atoms with Gasteiger partial charge in [0.15, 0.2) is 5.17 Å². The Balaban J connectivity index is 1.77. The standard InChI is InChI=1S/C20H19N3O5S2/c1-27-13-7-8-14(28-2)16(9-13)29-15-6-4-3-5-12(15)11-21-23-20-22-19(26)17(30-20)10-18(24)25/h3-9,11,17H,10H2,1-2H3,(H,24,25)(H,22,23,26). The average Bonchev–Trinajstić information content (AvgIpc) is 3.07. The van der Waals surface area contributed by atoms with Crippen molar-refractivity contribution in [2.75, 3.05) is 14.2 Å². The lowest BCUT2D eigenvalue weighted by Gasteiger charge is -2.11. The molecule has 30 heavy (non-hydrogen) atoms. The first-order valence-electron chi connectivity index (χ1n) is 8.79. The molecule has 156 valence electrons. The minimum Gasteiger partial charge on any atom is -0.497 e. The first kappa shape index (κ1) is 21.7. The van der Waals surface area contributed by atoms with E-state index in [-0.39, 0.29) is 17.5 Å². The number of aliphatic carboxylic acids is 1. The molecule has 8 nitrogen and oxygen atoms in total. The van der Waals surface area contributed by atoms with Crippen LogP contribution in [0.1, 0.15) is 12.0 Å². The highest BCUT2D eigenvalue weighted by Gasteiger charge is 2.32. The molecule has 2 N–H and O–H groups in total. The van der Waals surface area contributed by atoms with Crippen molar-refractivity contribution in [1.29, 1.82) is 0 Å². The van der Waals surface area contributed by atoms with Gasteiger partial charge < -0.3 is 19.9 Å². The van der Waals surface area contributed by atoms with Gasteiger partial charge in [-0.2, -0.15) is 5.10 Å². The van der Waals surface area contributed by atoms with E-state index in [2.05, 4.69) is 15.5 Å². The van der Waals surface area contributed by atoms with E-state index in [1.165, 1.54) is 11.8 Å². The normalized spacial score (nSPS) is 17.3. The molecule has 1 saturated heterocycles. The van der Waals surface area contributed by atoms with Crippen LogP contribution >= 0.6 is 23.5 Å². The Morgan fingerprint density at radius 1 is 1.23 bits per heavy atom. The Kier molecular flexibility index (Phi) is 7.36. The zero-order chi connectivity index (χ0) is 21.5. The topological polar surface area (TPSA) is 110 Å². The van der Waals surface area contributed by atoms with Gasteiger partial charge in [0.25, 0.3) is 0 Å². The van der Waals surface area contributed by atoms with Gasteiger partial charge in [-0.25, -0.2) is 0 Å². The Bertz CT molecular complexity index is 1010. The number of carbonyl (C=O) groups excluding carboxylic acids is 1. The number of thioether (sulfide) groups is 1. The van der Waals surface area contributed by atoms with Crippen molar-refractivity contribution in [3.05, 3.63) is 48.0 Å². The van der Waals surface area contributed by atoms with Crippen LogP contribution in [0.4, 0.5) is 0 Å². The number of amides is 1. The zero-order valence-electron chi connectivity index (χ0n) is 16.2. The van der Waals surface area contributed by atoms with Crippen molar-refractivity contribution in [3.63, 3.8) is 0 Å². The second kappa shape index (κ2) is 10.2. The van der Waals surface area contributed by atoms with Crippen LogP contribution in [0, 0.1) is 0 Å². The van der Waals surface area contributed by atoms with Crippen molar-refractivity contribution in [2.45, 2.75) is 21.5 Å². The van der Waals surface area contributed by atoms with Gasteiger partial charge in [0.2, 0.25) is 5.91 Å². The number of hydrogen-bond donors (Lipinski definition) is 2. The number of nitrogens with zero attached hydrogens (tertiary/aromatic N) is 2. The van der Waals surface area contributed by atoms with Gasteiger partial charge in [-0.1, -0.05) is 41.7 Å². The lowest BCUT2D eigenvalue weighted by molar-refractivity contribution is -0.138. The van der Waals surface area contributed by atoms with Crippen molar-refractivity contribution >= 4 is 46.8 Å². The Labute approximate surface area is 181 Å². The first-order valence-corrected chi connectivity index (χ1v) is 10.5. The molecule has 1 amide bonds. The Morgan fingerprint density at radius 2 is 2.03 bits per heavy atom. The maximum absolute atomic E-state index is 11.8. The van der Waals surface area contributed by atoms with Crippen LogP contribution < -0.4 is 14.8 Å². The second-order valence-corrected chi connectivity index (χ2v) is 8.28. The molecule has 0 aromatic heterocycles. The summed E-state index contributed by atoms with van der Waals surface area (Å²) in [5.74, 6) is 0.0341. The van der Waals surface area contributed by atoms with E-state index in [4.69, 9.17) is 14.6 Å². The molecule has 1 aliphatic rings. The molecule has 2 aromatic rings. The molecule has 1 heterocycles. The van der Waals surface area contributed by atoms with Crippen molar-refractivity contribution in [3.8, 4) is 11.5 Å². The van der Waals surface area contributed by atoms with E-state index in [0.717, 1.165) is 38.6 Å². The quantitative estimate of drug-likeness (QED) is 0.474. The van der Waals surface area contributed by atoms with Gasteiger partial charge in [-0.3, -0.25) is 9.59 Å². The molecule has 1 atom stereocenters. The SMILES string of the molecule is COc1ccc(OC)c(Sc2ccccc2C=NN=C2NC(=O)C(CC(=O)O)S2)c1. The molecule has 0 saturated carbocycles. The highest BCUT2D eigenvalue weighted by atomic mass is 32.2. The molecule has 2 aromatic carbocycles. The van der Waals surface area contributed by atoms with Crippen molar-refractivity contribution in [2.24, 2.45) is 10.2 Å². The monoisotopic (exact) mass is 445 g/mol. The minimum atomic E-state index is -1.04. The summed E-state index contributed by atoms with van der Waals surface area (Å²) in [6.07, 6.45) is 1.32. The van der Waals surface area contributed by atoms with Crippen LogP contribution in [-0.2, 0) is 9.59 Å². The van der Waals surface area contributed by atoms with Crippen LogP contribution in [0.2, 0.25) is 0 Å². The van der Waals surface area contributed by atoms with Crippen molar-refractivity contribution in [1.82, 2.24) is 5.32 Å². The summed E-state index contributed by atoms with van der Waals surface area (Å²) in [5.41, 5.74) is 0.827. The summed E-state index contributed by atoms with van der Waals surface area (Å²) >= 11 is 2.56. The fourth-order valence-corrected chi connectivity index (χ4v) is 4.52. The zero-order valence-corrected chi connectivity index (χ0v) is 17.8. The Morgan fingerprint density at radius 3 is 2.77 bits per heavy atom. The maximum atomic E-state index is 11.8. The summed E-state index contributed by atoms with van der Waals surface area (Å²) in [6, 6.07) is 13.2. The summed E-state index contributed by atoms with van der Waals surface area (Å²) < 4.78 is 10.7. The van der Waals surface area contributed by atoms with Gasteiger partial charge >= 0.3 is 5.97 Å². The van der Waals surface area contributed by atoms with Gasteiger partial charge in [-0.15, -0.1) is 5.10 Å². The smallest absolute Gasteiger partial charge is 0.305 e. The highest BCUT2D eigenvalue weighted by Crippen LogP contribution is 2.38. The van der Waals surface area contributed by atoms with Crippen LogP contribution in [0.5, 0.6) is 11.5 Å². The number of carbonyl (C=O) groups is 2. The molecule has 0 spiro atoms. The van der Waals surface area contributed by atoms with E-state index in [1.807, 2.05) is 42.5 Å². The average molecular weight is 446 g/mol. The van der Waals surface area contributed by atoms with Gasteiger partial charge in [0.1, 0.15) is 16.7 Å². The number of benzene rings is 2. The predicted octanol–water partition coefficient (Wildman–Crippen LogP) is 3.25. The van der Waals surface area contributed by atoms with E-state index in [9.17, 15) is 9.59 Å². The van der Waals surface area contributed by atoms with Gasteiger partial charge in [-0.05, 0) is 24.3 Å². The third kappa shape index (κ3) is 5.55. The number of hydrogen-bond acceptors (Lipinski definition) is 8. The molecule has 0 radical (unpaired) electrons. The van der Waals surface area contributed by atoms with Crippen LogP contribution in [-0.4, -0.2) is 47.8 Å². The molecule has 1 aliphatic heterocycles. The largest absolute Gasteiger partial charge is 0.497 e. The summed E-state index contributed by atoms with van der Waals surface area (Å²) in [5, 5.41) is 19.0. The summed E-state index contributed by atoms with van der Waals surface area (Å²) in [4.78, 5) is 24.4. The number of amidine groups is 1. The molecule has 10 heteroatoms. The van der Waals surface area contributed by atoms with Crippen LogP contribution in [0.15, 0.2) is 62.5 Å². The van der Waals surface area contributed by atoms with E-state index in [1.54, 1.807) is 20.4 Å². The van der Waals surface area contributed by atoms with E-state index >= 15 is 0 Å². The first-order chi connectivity index (χ1) is 14.5. The third-order valence-electron chi connectivity index (χ3n) is 3.99. The van der Waals surface area contributed by atoms with Crippen LogP contribution in [0.25, 0.3) is 0 Å². The molecule has 3 rings (SSSR count). The minimum absolute atomic E-state index is 0.263. The fraction of sp³-hybridized carbons (Fsp3) is 0.200. The second-order valence-electron chi connectivity index (χ2n) is 6.00. The van der Waals surface area contributed by atoms with Gasteiger partial charge in [0.05, 0.1) is 31.8 Å². The van der Waals surface area contributed by atoms with Gasteiger partial charge in [0, 0.05) is 10.5 Å². The van der Waals surface area contributed by atoms with E-state index < -0.39 is 11.2 Å². The summed E-state index contributed by atoms with van der Waals surface area (Å²) in [6.45, 7) is 0. The lowest BCUT2D eigenvalue weighted by atomic mass is 10.2. The molecule has 0 aliphatic carbocycles. The van der Waals surface area contributed by atoms with E-state index in [0.29, 0.717) is 0 Å². The fourth-order valence-electron chi connectivity index (χ4n) is 2.55. The summed E-state index contributed by atoms with van der Waals surface area (Å²) in [7, 11) is 3.22. The molecular formula is C20H19N3O5S2. The molecule has 1 unspecified atom stereocenters. The molecule has 0 bridgehead atoms. The number of ether oxygens (including phenoxy) is 2. The number of carboxylic acids is 1.